The number of aryl methyl sites for hydroxylation is 1. The van der Waals surface area contributed by atoms with Crippen LogP contribution in [0.1, 0.15) is 18.4 Å². The van der Waals surface area contributed by atoms with E-state index in [9.17, 15) is 4.79 Å². The van der Waals surface area contributed by atoms with Gasteiger partial charge in [0.05, 0.1) is 0 Å². The van der Waals surface area contributed by atoms with Gasteiger partial charge in [-0.3, -0.25) is 4.79 Å². The molecule has 1 rings (SSSR count). The molecule has 0 saturated carbocycles. The maximum Gasteiger partial charge on any atom is 0.320 e. The fraction of sp³-hybridized carbons (Fsp3) is 0.417. The minimum atomic E-state index is -0.773. The second kappa shape index (κ2) is 6.19. The van der Waals surface area contributed by atoms with Gasteiger partial charge < -0.3 is 10.4 Å². The average molecular weight is 207 g/mol. The van der Waals surface area contributed by atoms with Crippen molar-refractivity contribution in [3.63, 3.8) is 0 Å². The summed E-state index contributed by atoms with van der Waals surface area (Å²) >= 11 is 0. The molecule has 3 nitrogen and oxygen atoms in total. The minimum Gasteiger partial charge on any atom is -0.480 e. The molecule has 3 heteroatoms. The first-order chi connectivity index (χ1) is 7.24. The number of hydrogen-bond acceptors (Lipinski definition) is 2. The third-order valence-electron chi connectivity index (χ3n) is 2.45. The Morgan fingerprint density at radius 1 is 1.40 bits per heavy atom. The zero-order valence-corrected chi connectivity index (χ0v) is 8.94. The minimum absolute atomic E-state index is 0.422. The third-order valence-corrected chi connectivity index (χ3v) is 2.45. The van der Waals surface area contributed by atoms with E-state index in [1.807, 2.05) is 18.2 Å². The van der Waals surface area contributed by atoms with E-state index in [1.54, 1.807) is 7.05 Å². The number of benzene rings is 1. The summed E-state index contributed by atoms with van der Waals surface area (Å²) < 4.78 is 0. The number of carboxylic acid groups (broad SMARTS) is 1. The number of rotatable bonds is 6. The zero-order valence-electron chi connectivity index (χ0n) is 8.94. The Morgan fingerprint density at radius 3 is 2.60 bits per heavy atom. The standard InChI is InChI=1S/C12H17NO2/c1-13-11(12(14)15)9-5-8-10-6-3-2-4-7-10/h2-4,6-7,11,13H,5,8-9H2,1H3,(H,14,15)/t11-/m0/s1. The maximum absolute atomic E-state index is 10.7. The van der Waals surface area contributed by atoms with Crippen molar-refractivity contribution in [3.05, 3.63) is 35.9 Å². The largest absolute Gasteiger partial charge is 0.480 e. The first-order valence-corrected chi connectivity index (χ1v) is 5.18. The first-order valence-electron chi connectivity index (χ1n) is 5.18. The quantitative estimate of drug-likeness (QED) is 0.746. The lowest BCUT2D eigenvalue weighted by Gasteiger charge is -2.10. The third kappa shape index (κ3) is 4.13. The summed E-state index contributed by atoms with van der Waals surface area (Å²) in [6, 6.07) is 9.69. The molecule has 82 valence electrons. The van der Waals surface area contributed by atoms with Gasteiger partial charge in [0.1, 0.15) is 6.04 Å². The molecule has 0 spiro atoms. The van der Waals surface area contributed by atoms with Crippen LogP contribution in [0.5, 0.6) is 0 Å². The molecular formula is C12H17NO2. The second-order valence-electron chi connectivity index (χ2n) is 3.56. The van der Waals surface area contributed by atoms with Crippen molar-refractivity contribution >= 4 is 5.97 Å². The Hall–Kier alpha value is -1.35. The van der Waals surface area contributed by atoms with E-state index in [0.717, 1.165) is 12.8 Å². The Balaban J connectivity index is 2.30. The summed E-state index contributed by atoms with van der Waals surface area (Å²) in [5.41, 5.74) is 1.26. The van der Waals surface area contributed by atoms with Crippen molar-refractivity contribution in [1.82, 2.24) is 5.32 Å². The Kier molecular flexibility index (Phi) is 4.84. The van der Waals surface area contributed by atoms with E-state index in [0.29, 0.717) is 6.42 Å². The van der Waals surface area contributed by atoms with Gasteiger partial charge in [-0.1, -0.05) is 30.3 Å². The molecule has 0 aromatic heterocycles. The number of aliphatic carboxylic acids is 1. The lowest BCUT2D eigenvalue weighted by molar-refractivity contribution is -0.139. The molecule has 0 amide bonds. The molecular weight excluding hydrogens is 190 g/mol. The van der Waals surface area contributed by atoms with Crippen molar-refractivity contribution in [1.29, 1.82) is 0 Å². The van der Waals surface area contributed by atoms with Crippen LogP contribution in [0, 0.1) is 0 Å². The van der Waals surface area contributed by atoms with Gasteiger partial charge in [-0.15, -0.1) is 0 Å². The van der Waals surface area contributed by atoms with Crippen LogP contribution in [0.25, 0.3) is 0 Å². The summed E-state index contributed by atoms with van der Waals surface area (Å²) in [5.74, 6) is -0.773. The van der Waals surface area contributed by atoms with Crippen molar-refractivity contribution in [2.45, 2.75) is 25.3 Å². The molecule has 15 heavy (non-hydrogen) atoms. The monoisotopic (exact) mass is 207 g/mol. The van der Waals surface area contributed by atoms with Crippen LogP contribution in [-0.2, 0) is 11.2 Å². The molecule has 0 aliphatic heterocycles. The average Bonchev–Trinajstić information content (AvgIpc) is 2.25. The van der Waals surface area contributed by atoms with Crippen LogP contribution in [-0.4, -0.2) is 24.2 Å². The highest BCUT2D eigenvalue weighted by molar-refractivity contribution is 5.73. The summed E-state index contributed by atoms with van der Waals surface area (Å²) in [4.78, 5) is 10.7. The SMILES string of the molecule is CN[C@@H](CCCc1ccccc1)C(=O)O. The molecule has 0 bridgehead atoms. The van der Waals surface area contributed by atoms with E-state index >= 15 is 0 Å². The summed E-state index contributed by atoms with van der Waals surface area (Å²) in [6.07, 6.45) is 2.49. The van der Waals surface area contributed by atoms with Gasteiger partial charge in [-0.05, 0) is 31.9 Å². The van der Waals surface area contributed by atoms with E-state index in [4.69, 9.17) is 5.11 Å². The van der Waals surface area contributed by atoms with Gasteiger partial charge in [0.15, 0.2) is 0 Å². The molecule has 1 aromatic carbocycles. The fourth-order valence-corrected chi connectivity index (χ4v) is 1.55. The first kappa shape index (κ1) is 11.7. The maximum atomic E-state index is 10.7. The fourth-order valence-electron chi connectivity index (χ4n) is 1.55. The van der Waals surface area contributed by atoms with Gasteiger partial charge in [-0.25, -0.2) is 0 Å². The predicted molar refractivity (Wildman–Crippen MR) is 59.9 cm³/mol. The van der Waals surface area contributed by atoms with Crippen molar-refractivity contribution < 1.29 is 9.90 Å². The number of hydrogen-bond donors (Lipinski definition) is 2. The molecule has 0 unspecified atom stereocenters. The summed E-state index contributed by atoms with van der Waals surface area (Å²) in [7, 11) is 1.68. The van der Waals surface area contributed by atoms with Crippen molar-refractivity contribution in [3.8, 4) is 0 Å². The second-order valence-corrected chi connectivity index (χ2v) is 3.56. The normalized spacial score (nSPS) is 12.3. The lowest BCUT2D eigenvalue weighted by atomic mass is 10.1. The van der Waals surface area contributed by atoms with Crippen LogP contribution in [0.2, 0.25) is 0 Å². The lowest BCUT2D eigenvalue weighted by Crippen LogP contribution is -2.33. The Bertz CT molecular complexity index is 298. The van der Waals surface area contributed by atoms with Crippen LogP contribution in [0.3, 0.4) is 0 Å². The topological polar surface area (TPSA) is 49.3 Å². The van der Waals surface area contributed by atoms with E-state index in [2.05, 4.69) is 17.4 Å². The smallest absolute Gasteiger partial charge is 0.320 e. The van der Waals surface area contributed by atoms with Gasteiger partial charge in [-0.2, -0.15) is 0 Å². The highest BCUT2D eigenvalue weighted by Crippen LogP contribution is 2.06. The van der Waals surface area contributed by atoms with Crippen LogP contribution in [0.4, 0.5) is 0 Å². The zero-order chi connectivity index (χ0) is 11.1. The molecule has 0 aliphatic rings. The molecule has 0 radical (unpaired) electrons. The number of carboxylic acids is 1. The van der Waals surface area contributed by atoms with Gasteiger partial charge >= 0.3 is 5.97 Å². The van der Waals surface area contributed by atoms with Crippen LogP contribution >= 0.6 is 0 Å². The molecule has 2 N–H and O–H groups in total. The van der Waals surface area contributed by atoms with E-state index in [-0.39, 0.29) is 0 Å². The van der Waals surface area contributed by atoms with Crippen LogP contribution in [0.15, 0.2) is 30.3 Å². The number of likely N-dealkylation sites (N-methyl/N-ethyl adjacent to an activating group) is 1. The van der Waals surface area contributed by atoms with E-state index < -0.39 is 12.0 Å². The Morgan fingerprint density at radius 2 is 2.07 bits per heavy atom. The Labute approximate surface area is 90.1 Å². The van der Waals surface area contributed by atoms with Crippen molar-refractivity contribution in [2.75, 3.05) is 7.05 Å². The van der Waals surface area contributed by atoms with Crippen LogP contribution < -0.4 is 5.32 Å². The number of carbonyl (C=O) groups is 1. The molecule has 1 atom stereocenters. The molecule has 1 aromatic rings. The summed E-state index contributed by atoms with van der Waals surface area (Å²) in [5, 5.41) is 11.6. The number of nitrogens with one attached hydrogen (secondary N) is 1. The van der Waals surface area contributed by atoms with Gasteiger partial charge in [0.25, 0.3) is 0 Å². The van der Waals surface area contributed by atoms with E-state index in [1.165, 1.54) is 5.56 Å². The molecule has 0 fully saturated rings. The highest BCUT2D eigenvalue weighted by atomic mass is 16.4. The van der Waals surface area contributed by atoms with Gasteiger partial charge in [0.2, 0.25) is 0 Å². The predicted octanol–water partition coefficient (Wildman–Crippen LogP) is 1.68. The summed E-state index contributed by atoms with van der Waals surface area (Å²) in [6.45, 7) is 0. The molecule has 0 saturated heterocycles. The van der Waals surface area contributed by atoms with Crippen molar-refractivity contribution in [2.24, 2.45) is 0 Å². The highest BCUT2D eigenvalue weighted by Gasteiger charge is 2.13. The molecule has 0 aliphatic carbocycles. The van der Waals surface area contributed by atoms with Gasteiger partial charge in [0, 0.05) is 0 Å². The molecule has 0 heterocycles.